The summed E-state index contributed by atoms with van der Waals surface area (Å²) < 4.78 is 34.2. The minimum absolute atomic E-state index is 0.0211. The van der Waals surface area contributed by atoms with Crippen molar-refractivity contribution in [2.45, 2.75) is 48.8 Å². The second-order valence-electron chi connectivity index (χ2n) is 8.44. The standard InChI is InChI=1S/C21H26NO7P/c1-4-10-22-11-9-20-17-13-5-6-15(29-30(25,26-2)27-3)18(17)28-19(20)14(23)7-8-21(20,24)16(22)12-13/h4-6,16,19,24H,1,7-12H2,2-3H3/t16-,19+,20+,21-/m1/s1. The number of likely N-dealkylation sites (tertiary alicyclic amines) is 1. The zero-order valence-electron chi connectivity index (χ0n) is 17.1. The lowest BCUT2D eigenvalue weighted by Crippen LogP contribution is -2.76. The Labute approximate surface area is 175 Å². The van der Waals surface area contributed by atoms with E-state index < -0.39 is 24.9 Å². The van der Waals surface area contributed by atoms with Gasteiger partial charge < -0.3 is 14.4 Å². The minimum Gasteiger partial charge on any atom is -0.477 e. The molecule has 1 aromatic carbocycles. The molecule has 2 aliphatic heterocycles. The second-order valence-corrected chi connectivity index (χ2v) is 10.3. The van der Waals surface area contributed by atoms with Crippen LogP contribution in [0, 0.1) is 0 Å². The lowest BCUT2D eigenvalue weighted by atomic mass is 9.49. The van der Waals surface area contributed by atoms with Gasteiger partial charge in [-0.2, -0.15) is 0 Å². The number of ketones is 1. The van der Waals surface area contributed by atoms with Gasteiger partial charge in [-0.3, -0.25) is 18.7 Å². The highest BCUT2D eigenvalue weighted by Gasteiger charge is 2.73. The van der Waals surface area contributed by atoms with Crippen molar-refractivity contribution in [3.05, 3.63) is 35.9 Å². The summed E-state index contributed by atoms with van der Waals surface area (Å²) in [5, 5.41) is 12.1. The van der Waals surface area contributed by atoms with Crippen LogP contribution in [0.25, 0.3) is 0 Å². The van der Waals surface area contributed by atoms with Gasteiger partial charge in [0.1, 0.15) is 0 Å². The number of rotatable bonds is 6. The topological polar surface area (TPSA) is 94.5 Å². The summed E-state index contributed by atoms with van der Waals surface area (Å²) >= 11 is 0. The number of nitrogens with zero attached hydrogens (tertiary/aromatic N) is 1. The predicted molar refractivity (Wildman–Crippen MR) is 108 cm³/mol. The summed E-state index contributed by atoms with van der Waals surface area (Å²) in [4.78, 5) is 15.2. The Balaban J connectivity index is 1.70. The van der Waals surface area contributed by atoms with Crippen molar-refractivity contribution in [3.8, 4) is 11.5 Å². The number of aliphatic hydroxyl groups is 1. The van der Waals surface area contributed by atoms with Crippen LogP contribution in [0.5, 0.6) is 11.5 Å². The van der Waals surface area contributed by atoms with E-state index in [1.54, 1.807) is 6.07 Å². The zero-order chi connectivity index (χ0) is 21.3. The van der Waals surface area contributed by atoms with Gasteiger partial charge in [-0.1, -0.05) is 12.1 Å². The predicted octanol–water partition coefficient (Wildman–Crippen LogP) is 2.38. The Hall–Kier alpha value is -1.70. The number of carbonyl (C=O) groups excluding carboxylic acids is 1. The molecule has 2 fully saturated rings. The second kappa shape index (κ2) is 6.65. The molecule has 1 saturated carbocycles. The van der Waals surface area contributed by atoms with Gasteiger partial charge in [-0.15, -0.1) is 6.58 Å². The van der Waals surface area contributed by atoms with Crippen LogP contribution in [0.3, 0.4) is 0 Å². The van der Waals surface area contributed by atoms with E-state index in [0.717, 1.165) is 17.7 Å². The normalized spacial score (nSPS) is 34.3. The highest BCUT2D eigenvalue weighted by molar-refractivity contribution is 7.48. The molecule has 1 saturated heterocycles. The van der Waals surface area contributed by atoms with Crippen LogP contribution in [0.2, 0.25) is 0 Å². The van der Waals surface area contributed by atoms with Gasteiger partial charge in [0.2, 0.25) is 0 Å². The fraction of sp³-hybridized carbons (Fsp3) is 0.571. The highest BCUT2D eigenvalue weighted by atomic mass is 31.2. The van der Waals surface area contributed by atoms with Crippen LogP contribution in [-0.4, -0.2) is 60.8 Å². The number of ether oxygens (including phenoxy) is 1. The number of hydrogen-bond acceptors (Lipinski definition) is 8. The minimum atomic E-state index is -3.81. The van der Waals surface area contributed by atoms with Crippen LogP contribution in [0.1, 0.15) is 30.4 Å². The van der Waals surface area contributed by atoms with E-state index in [1.807, 2.05) is 12.1 Å². The molecule has 4 aliphatic rings. The summed E-state index contributed by atoms with van der Waals surface area (Å²) in [6, 6.07) is 3.45. The van der Waals surface area contributed by atoms with Crippen LogP contribution >= 0.6 is 7.82 Å². The molecule has 4 atom stereocenters. The van der Waals surface area contributed by atoms with E-state index >= 15 is 0 Å². The van der Waals surface area contributed by atoms with Crippen molar-refractivity contribution in [1.29, 1.82) is 0 Å². The SMILES string of the molecule is C=CCN1CC[C@]23c4c5ccc(OP(=O)(OC)OC)c4O[C@H]2C(=O)CC[C@@]3(O)[C@H]1C5. The van der Waals surface area contributed by atoms with E-state index in [-0.39, 0.29) is 24.0 Å². The average molecular weight is 435 g/mol. The third kappa shape index (κ3) is 2.37. The number of phosphoric acid groups is 1. The lowest BCUT2D eigenvalue weighted by Gasteiger charge is -2.62. The van der Waals surface area contributed by atoms with E-state index in [4.69, 9.17) is 18.3 Å². The largest absolute Gasteiger partial charge is 0.529 e. The van der Waals surface area contributed by atoms with Crippen LogP contribution in [0.4, 0.5) is 0 Å². The molecule has 0 unspecified atom stereocenters. The fourth-order valence-corrected chi connectivity index (χ4v) is 6.81. The fourth-order valence-electron chi connectivity index (χ4n) is 6.13. The third-order valence-corrected chi connectivity index (χ3v) is 8.69. The monoisotopic (exact) mass is 435 g/mol. The molecule has 2 aliphatic carbocycles. The van der Waals surface area contributed by atoms with Gasteiger partial charge in [0.25, 0.3) is 0 Å². The summed E-state index contributed by atoms with van der Waals surface area (Å²) in [6.07, 6.45) is 2.93. The van der Waals surface area contributed by atoms with Gasteiger partial charge in [0.05, 0.1) is 11.0 Å². The lowest BCUT2D eigenvalue weighted by molar-refractivity contribution is -0.187. The molecule has 5 rings (SSSR count). The van der Waals surface area contributed by atoms with Crippen molar-refractivity contribution in [2.24, 2.45) is 0 Å². The molecule has 0 aromatic heterocycles. The Bertz CT molecular complexity index is 972. The van der Waals surface area contributed by atoms with Crippen molar-refractivity contribution < 1.29 is 32.8 Å². The highest BCUT2D eigenvalue weighted by Crippen LogP contribution is 2.66. The first-order valence-electron chi connectivity index (χ1n) is 10.2. The maximum Gasteiger partial charge on any atom is 0.529 e. The number of benzene rings is 1. The molecule has 1 spiro atoms. The summed E-state index contributed by atoms with van der Waals surface area (Å²) in [6.45, 7) is 5.26. The number of phosphoric ester groups is 1. The molecule has 1 N–H and O–H groups in total. The maximum absolute atomic E-state index is 13.0. The number of hydrogen-bond donors (Lipinski definition) is 1. The van der Waals surface area contributed by atoms with Gasteiger partial charge in [0, 0.05) is 45.3 Å². The first-order chi connectivity index (χ1) is 14.3. The first-order valence-corrected chi connectivity index (χ1v) is 11.6. The molecule has 2 heterocycles. The van der Waals surface area contributed by atoms with Crippen LogP contribution in [-0.2, 0) is 30.2 Å². The average Bonchev–Trinajstić information content (AvgIpc) is 3.10. The van der Waals surface area contributed by atoms with Crippen molar-refractivity contribution in [1.82, 2.24) is 4.90 Å². The molecule has 30 heavy (non-hydrogen) atoms. The molecule has 0 amide bonds. The van der Waals surface area contributed by atoms with E-state index in [9.17, 15) is 14.5 Å². The Kier molecular flexibility index (Phi) is 4.48. The van der Waals surface area contributed by atoms with Crippen LogP contribution in [0.15, 0.2) is 24.8 Å². The van der Waals surface area contributed by atoms with E-state index in [2.05, 4.69) is 11.5 Å². The molecular weight excluding hydrogens is 409 g/mol. The Morgan fingerprint density at radius 3 is 2.83 bits per heavy atom. The van der Waals surface area contributed by atoms with Gasteiger partial charge >= 0.3 is 7.82 Å². The van der Waals surface area contributed by atoms with Gasteiger partial charge in [-0.25, -0.2) is 4.57 Å². The van der Waals surface area contributed by atoms with Gasteiger partial charge in [-0.05, 0) is 30.9 Å². The third-order valence-electron chi connectivity index (χ3n) is 7.37. The number of carbonyl (C=O) groups is 1. The van der Waals surface area contributed by atoms with Gasteiger partial charge in [0.15, 0.2) is 23.4 Å². The molecule has 8 nitrogen and oxygen atoms in total. The number of piperidine rings is 1. The zero-order valence-corrected chi connectivity index (χ0v) is 18.0. The number of Topliss-reactive ketones (excluding diaryl/α,β-unsaturated/α-hetero) is 1. The molecule has 0 radical (unpaired) electrons. The summed E-state index contributed by atoms with van der Waals surface area (Å²) in [7, 11) is -1.34. The smallest absolute Gasteiger partial charge is 0.477 e. The molecular formula is C21H26NO7P. The Morgan fingerprint density at radius 2 is 2.13 bits per heavy atom. The molecule has 2 bridgehead atoms. The van der Waals surface area contributed by atoms with Crippen molar-refractivity contribution >= 4 is 13.6 Å². The summed E-state index contributed by atoms with van der Waals surface area (Å²) in [5.41, 5.74) is -0.107. The molecule has 9 heteroatoms. The Morgan fingerprint density at radius 1 is 1.37 bits per heavy atom. The quantitative estimate of drug-likeness (QED) is 0.538. The summed E-state index contributed by atoms with van der Waals surface area (Å²) in [5.74, 6) is 0.551. The van der Waals surface area contributed by atoms with E-state index in [1.165, 1.54) is 14.2 Å². The van der Waals surface area contributed by atoms with Crippen LogP contribution < -0.4 is 9.26 Å². The molecule has 1 aromatic rings. The molecule has 162 valence electrons. The first kappa shape index (κ1) is 20.2. The van der Waals surface area contributed by atoms with Crippen molar-refractivity contribution in [3.63, 3.8) is 0 Å². The van der Waals surface area contributed by atoms with E-state index in [0.29, 0.717) is 31.6 Å². The maximum atomic E-state index is 13.0. The van der Waals surface area contributed by atoms with Crippen molar-refractivity contribution in [2.75, 3.05) is 27.3 Å².